The molecule has 0 amide bonds. The SMILES string of the molecule is CC(O)c1ccc(Sc2nnc(N(C)C)s2)nc1. The summed E-state index contributed by atoms with van der Waals surface area (Å²) in [6.45, 7) is 1.72. The first-order valence-corrected chi connectivity index (χ1v) is 7.02. The summed E-state index contributed by atoms with van der Waals surface area (Å²) < 4.78 is 0.857. The van der Waals surface area contributed by atoms with Gasteiger partial charge in [-0.15, -0.1) is 10.2 Å². The number of aliphatic hydroxyl groups is 1. The van der Waals surface area contributed by atoms with Gasteiger partial charge in [0.25, 0.3) is 0 Å². The molecule has 1 atom stereocenters. The molecule has 0 saturated carbocycles. The molecule has 2 rings (SSSR count). The van der Waals surface area contributed by atoms with Gasteiger partial charge in [0.15, 0.2) is 4.34 Å². The van der Waals surface area contributed by atoms with Crippen LogP contribution in [-0.2, 0) is 0 Å². The van der Waals surface area contributed by atoms with Gasteiger partial charge in [-0.05, 0) is 30.3 Å². The highest BCUT2D eigenvalue weighted by molar-refractivity contribution is 8.01. The molecule has 0 aliphatic heterocycles. The Balaban J connectivity index is 2.08. The van der Waals surface area contributed by atoms with Crippen molar-refractivity contribution in [3.05, 3.63) is 23.9 Å². The van der Waals surface area contributed by atoms with Gasteiger partial charge in [0, 0.05) is 20.3 Å². The van der Waals surface area contributed by atoms with Crippen LogP contribution in [0.1, 0.15) is 18.6 Å². The summed E-state index contributed by atoms with van der Waals surface area (Å²) in [6.07, 6.45) is 1.19. The van der Waals surface area contributed by atoms with Gasteiger partial charge in [0.2, 0.25) is 5.13 Å². The van der Waals surface area contributed by atoms with Gasteiger partial charge in [-0.1, -0.05) is 17.4 Å². The van der Waals surface area contributed by atoms with E-state index in [-0.39, 0.29) is 0 Å². The molecule has 2 heterocycles. The topological polar surface area (TPSA) is 62.1 Å². The van der Waals surface area contributed by atoms with Crippen LogP contribution >= 0.6 is 23.1 Å². The summed E-state index contributed by atoms with van der Waals surface area (Å²) in [6, 6.07) is 3.75. The Kier molecular flexibility index (Phi) is 4.15. The standard InChI is InChI=1S/C11H14N4OS2/c1-7(16)8-4-5-9(12-6-8)17-11-14-13-10(18-11)15(2)3/h4-7,16H,1-3H3. The van der Waals surface area contributed by atoms with Crippen LogP contribution in [-0.4, -0.2) is 34.4 Å². The molecule has 0 spiro atoms. The van der Waals surface area contributed by atoms with E-state index in [1.54, 1.807) is 13.1 Å². The molecule has 1 N–H and O–H groups in total. The van der Waals surface area contributed by atoms with Crippen LogP contribution in [0.2, 0.25) is 0 Å². The molecule has 0 aliphatic rings. The fourth-order valence-corrected chi connectivity index (χ4v) is 2.86. The second-order valence-corrected chi connectivity index (χ2v) is 6.18. The molecule has 96 valence electrons. The van der Waals surface area contributed by atoms with Crippen molar-refractivity contribution in [1.82, 2.24) is 15.2 Å². The minimum absolute atomic E-state index is 0.488. The largest absolute Gasteiger partial charge is 0.389 e. The van der Waals surface area contributed by atoms with Crippen molar-refractivity contribution in [1.29, 1.82) is 0 Å². The summed E-state index contributed by atoms with van der Waals surface area (Å²) in [5.74, 6) is 0. The first-order valence-electron chi connectivity index (χ1n) is 5.39. The second-order valence-electron chi connectivity index (χ2n) is 3.95. The van der Waals surface area contributed by atoms with E-state index in [9.17, 15) is 5.11 Å². The Morgan fingerprint density at radius 3 is 2.61 bits per heavy atom. The zero-order valence-electron chi connectivity index (χ0n) is 10.4. The zero-order valence-corrected chi connectivity index (χ0v) is 12.0. The molecular formula is C11H14N4OS2. The van der Waals surface area contributed by atoms with Crippen LogP contribution in [0, 0.1) is 0 Å². The van der Waals surface area contributed by atoms with Gasteiger partial charge >= 0.3 is 0 Å². The smallest absolute Gasteiger partial charge is 0.208 e. The van der Waals surface area contributed by atoms with E-state index in [0.717, 1.165) is 20.1 Å². The van der Waals surface area contributed by atoms with Crippen molar-refractivity contribution in [2.75, 3.05) is 19.0 Å². The van der Waals surface area contributed by atoms with Gasteiger partial charge in [-0.2, -0.15) is 0 Å². The lowest BCUT2D eigenvalue weighted by Crippen LogP contribution is -2.07. The maximum absolute atomic E-state index is 9.40. The number of nitrogens with zero attached hydrogens (tertiary/aromatic N) is 4. The molecule has 1 unspecified atom stereocenters. The number of hydrogen-bond acceptors (Lipinski definition) is 7. The molecule has 0 aliphatic carbocycles. The van der Waals surface area contributed by atoms with Crippen molar-refractivity contribution >= 4 is 28.2 Å². The Bertz CT molecular complexity index is 510. The minimum Gasteiger partial charge on any atom is -0.389 e. The Labute approximate surface area is 114 Å². The molecule has 0 aromatic carbocycles. The number of hydrogen-bond donors (Lipinski definition) is 1. The van der Waals surface area contributed by atoms with Crippen molar-refractivity contribution in [3.8, 4) is 0 Å². The van der Waals surface area contributed by atoms with Crippen LogP contribution in [0.15, 0.2) is 27.7 Å². The highest BCUT2D eigenvalue weighted by Gasteiger charge is 2.08. The number of pyridine rings is 1. The van der Waals surface area contributed by atoms with E-state index in [0.29, 0.717) is 0 Å². The van der Waals surface area contributed by atoms with Crippen molar-refractivity contribution in [2.24, 2.45) is 0 Å². The number of aromatic nitrogens is 3. The molecule has 7 heteroatoms. The lowest BCUT2D eigenvalue weighted by molar-refractivity contribution is 0.198. The van der Waals surface area contributed by atoms with Gasteiger partial charge in [0.05, 0.1) is 6.10 Å². The summed E-state index contributed by atoms with van der Waals surface area (Å²) in [7, 11) is 3.87. The van der Waals surface area contributed by atoms with Gasteiger partial charge in [-0.25, -0.2) is 4.98 Å². The summed E-state index contributed by atoms with van der Waals surface area (Å²) >= 11 is 3.00. The van der Waals surface area contributed by atoms with E-state index in [1.165, 1.54) is 23.1 Å². The molecule has 0 saturated heterocycles. The first kappa shape index (κ1) is 13.3. The Morgan fingerprint density at radius 2 is 2.11 bits per heavy atom. The Hall–Kier alpha value is -1.18. The van der Waals surface area contributed by atoms with Crippen molar-refractivity contribution in [2.45, 2.75) is 22.4 Å². The highest BCUT2D eigenvalue weighted by atomic mass is 32.2. The van der Waals surface area contributed by atoms with E-state index < -0.39 is 6.10 Å². The number of aliphatic hydroxyl groups excluding tert-OH is 1. The normalized spacial score (nSPS) is 12.4. The maximum atomic E-state index is 9.40. The van der Waals surface area contributed by atoms with E-state index in [1.807, 2.05) is 31.1 Å². The third-order valence-electron chi connectivity index (χ3n) is 2.21. The van der Waals surface area contributed by atoms with Crippen LogP contribution in [0.4, 0.5) is 5.13 Å². The van der Waals surface area contributed by atoms with Crippen LogP contribution in [0.5, 0.6) is 0 Å². The van der Waals surface area contributed by atoms with Crippen LogP contribution in [0.25, 0.3) is 0 Å². The summed E-state index contributed by atoms with van der Waals surface area (Å²) in [5, 5.41) is 19.3. The molecule has 5 nitrogen and oxygen atoms in total. The lowest BCUT2D eigenvalue weighted by atomic mass is 10.2. The van der Waals surface area contributed by atoms with Gasteiger partial charge in [-0.3, -0.25) is 0 Å². The quantitative estimate of drug-likeness (QED) is 0.927. The van der Waals surface area contributed by atoms with Crippen LogP contribution < -0.4 is 4.90 Å². The fraction of sp³-hybridized carbons (Fsp3) is 0.364. The van der Waals surface area contributed by atoms with Gasteiger partial charge in [0.1, 0.15) is 5.03 Å². The van der Waals surface area contributed by atoms with Crippen LogP contribution in [0.3, 0.4) is 0 Å². The molecule has 2 aromatic rings. The molecule has 0 fully saturated rings. The summed E-state index contributed by atoms with van der Waals surface area (Å²) in [4.78, 5) is 6.20. The third kappa shape index (κ3) is 3.18. The second kappa shape index (κ2) is 5.64. The van der Waals surface area contributed by atoms with E-state index >= 15 is 0 Å². The minimum atomic E-state index is -0.488. The van der Waals surface area contributed by atoms with Gasteiger partial charge < -0.3 is 10.0 Å². The summed E-state index contributed by atoms with van der Waals surface area (Å²) in [5.41, 5.74) is 0.811. The number of anilines is 1. The highest BCUT2D eigenvalue weighted by Crippen LogP contribution is 2.31. The predicted octanol–water partition coefficient (Wildman–Crippen LogP) is 2.20. The third-order valence-corrected chi connectivity index (χ3v) is 4.30. The van der Waals surface area contributed by atoms with Crippen molar-refractivity contribution in [3.63, 3.8) is 0 Å². The fourth-order valence-electron chi connectivity index (χ4n) is 1.21. The Morgan fingerprint density at radius 1 is 1.33 bits per heavy atom. The number of rotatable bonds is 4. The average Bonchev–Trinajstić information content (AvgIpc) is 2.78. The lowest BCUT2D eigenvalue weighted by Gasteiger charge is -2.04. The predicted molar refractivity (Wildman–Crippen MR) is 73.2 cm³/mol. The molecular weight excluding hydrogens is 268 g/mol. The monoisotopic (exact) mass is 282 g/mol. The van der Waals surface area contributed by atoms with E-state index in [2.05, 4.69) is 15.2 Å². The molecule has 18 heavy (non-hydrogen) atoms. The average molecular weight is 282 g/mol. The zero-order chi connectivity index (χ0) is 13.1. The molecule has 2 aromatic heterocycles. The molecule has 0 bridgehead atoms. The van der Waals surface area contributed by atoms with Crippen molar-refractivity contribution < 1.29 is 5.11 Å². The molecule has 0 radical (unpaired) electrons. The first-order chi connectivity index (χ1) is 8.56. The van der Waals surface area contributed by atoms with E-state index in [4.69, 9.17) is 0 Å². The maximum Gasteiger partial charge on any atom is 0.208 e.